The van der Waals surface area contributed by atoms with E-state index in [2.05, 4.69) is 22.5 Å². The Labute approximate surface area is 179 Å². The van der Waals surface area contributed by atoms with Gasteiger partial charge < -0.3 is 5.32 Å². The van der Waals surface area contributed by atoms with Crippen LogP contribution in [-0.4, -0.2) is 47.5 Å². The summed E-state index contributed by atoms with van der Waals surface area (Å²) < 4.78 is 29.1. The number of nitrogens with one attached hydrogen (secondary N) is 1. The van der Waals surface area contributed by atoms with Crippen molar-refractivity contribution in [3.8, 4) is 0 Å². The van der Waals surface area contributed by atoms with E-state index >= 15 is 0 Å². The first-order valence-electron chi connectivity index (χ1n) is 10.7. The van der Waals surface area contributed by atoms with E-state index in [9.17, 15) is 13.2 Å². The third-order valence-electron chi connectivity index (χ3n) is 5.64. The van der Waals surface area contributed by atoms with Crippen LogP contribution in [0.2, 0.25) is 0 Å². The summed E-state index contributed by atoms with van der Waals surface area (Å²) in [4.78, 5) is 12.7. The van der Waals surface area contributed by atoms with Crippen LogP contribution in [0.3, 0.4) is 0 Å². The number of carbonyl (C=O) groups is 1. The molecule has 0 bridgehead atoms. The molecular weight excluding hydrogens is 400 g/mol. The number of rotatable bonds is 9. The molecule has 1 atom stereocenters. The fourth-order valence-corrected chi connectivity index (χ4v) is 5.87. The van der Waals surface area contributed by atoms with Crippen molar-refractivity contribution in [1.82, 2.24) is 19.4 Å². The van der Waals surface area contributed by atoms with E-state index in [4.69, 9.17) is 0 Å². The van der Waals surface area contributed by atoms with Crippen LogP contribution in [0, 0.1) is 13.8 Å². The van der Waals surface area contributed by atoms with Crippen molar-refractivity contribution in [2.75, 3.05) is 13.1 Å². The van der Waals surface area contributed by atoms with Crippen molar-refractivity contribution in [2.45, 2.75) is 70.4 Å². The Morgan fingerprint density at radius 3 is 2.50 bits per heavy atom. The average molecular weight is 433 g/mol. The number of aromatic nitrogens is 2. The van der Waals surface area contributed by atoms with Gasteiger partial charge >= 0.3 is 0 Å². The zero-order chi connectivity index (χ0) is 21.7. The first-order valence-corrected chi connectivity index (χ1v) is 12.1. The van der Waals surface area contributed by atoms with Crippen LogP contribution < -0.4 is 5.32 Å². The summed E-state index contributed by atoms with van der Waals surface area (Å²) in [7, 11) is -3.52. The highest BCUT2D eigenvalue weighted by Crippen LogP contribution is 2.26. The molecule has 1 aliphatic heterocycles. The SMILES string of the molecule is Cc1nn(CCC(=O)NC(C)CCc2ccccc2)c(C)c1S(=O)(=O)N1CCCC1. The molecule has 1 aliphatic rings. The molecule has 1 aromatic heterocycles. The summed E-state index contributed by atoms with van der Waals surface area (Å²) in [6.45, 7) is 6.98. The van der Waals surface area contributed by atoms with Crippen molar-refractivity contribution in [3.05, 3.63) is 47.3 Å². The molecule has 1 unspecified atom stereocenters. The number of benzene rings is 1. The Morgan fingerprint density at radius 1 is 1.17 bits per heavy atom. The molecular formula is C22H32N4O3S. The highest BCUT2D eigenvalue weighted by Gasteiger charge is 2.32. The predicted molar refractivity (Wildman–Crippen MR) is 117 cm³/mol. The largest absolute Gasteiger partial charge is 0.354 e. The molecule has 2 heterocycles. The molecule has 2 aromatic rings. The van der Waals surface area contributed by atoms with Gasteiger partial charge in [0, 0.05) is 25.6 Å². The quantitative estimate of drug-likeness (QED) is 0.660. The van der Waals surface area contributed by atoms with Crippen LogP contribution in [0.25, 0.3) is 0 Å². The summed E-state index contributed by atoms with van der Waals surface area (Å²) in [6.07, 6.45) is 3.84. The topological polar surface area (TPSA) is 84.3 Å². The van der Waals surface area contributed by atoms with E-state index in [1.54, 1.807) is 18.5 Å². The first-order chi connectivity index (χ1) is 14.3. The Bertz CT molecular complexity index is 964. The van der Waals surface area contributed by atoms with Gasteiger partial charge in [-0.1, -0.05) is 30.3 Å². The minimum Gasteiger partial charge on any atom is -0.354 e. The van der Waals surface area contributed by atoms with Gasteiger partial charge in [-0.15, -0.1) is 0 Å². The fourth-order valence-electron chi connectivity index (χ4n) is 3.98. The lowest BCUT2D eigenvalue weighted by Crippen LogP contribution is -2.33. The number of carbonyl (C=O) groups excluding carboxylic acids is 1. The van der Waals surface area contributed by atoms with Crippen molar-refractivity contribution in [1.29, 1.82) is 0 Å². The maximum Gasteiger partial charge on any atom is 0.246 e. The van der Waals surface area contributed by atoms with Crippen molar-refractivity contribution in [2.24, 2.45) is 0 Å². The van der Waals surface area contributed by atoms with Crippen LogP contribution in [0.5, 0.6) is 0 Å². The molecule has 0 saturated carbocycles. The molecule has 3 rings (SSSR count). The number of sulfonamides is 1. The Balaban J connectivity index is 1.55. The average Bonchev–Trinajstić information content (AvgIpc) is 3.34. The van der Waals surface area contributed by atoms with E-state index < -0.39 is 10.0 Å². The standard InChI is InChI=1S/C22H32N4O3S/c1-17(11-12-20-9-5-4-6-10-20)23-21(27)13-16-26-19(3)22(18(2)24-26)30(28,29)25-14-7-8-15-25/h4-6,9-10,17H,7-8,11-16H2,1-3H3,(H,23,27). The maximum absolute atomic E-state index is 13.0. The van der Waals surface area contributed by atoms with Crippen LogP contribution in [0.1, 0.15) is 49.6 Å². The monoisotopic (exact) mass is 432 g/mol. The van der Waals surface area contributed by atoms with E-state index in [0.29, 0.717) is 35.9 Å². The number of hydrogen-bond donors (Lipinski definition) is 1. The third kappa shape index (κ3) is 5.29. The molecule has 30 heavy (non-hydrogen) atoms. The zero-order valence-electron chi connectivity index (χ0n) is 18.1. The minimum absolute atomic E-state index is 0.0490. The predicted octanol–water partition coefficient (Wildman–Crippen LogP) is 2.81. The first kappa shape index (κ1) is 22.5. The van der Waals surface area contributed by atoms with Crippen LogP contribution in [0.4, 0.5) is 0 Å². The second kappa shape index (κ2) is 9.75. The summed E-state index contributed by atoms with van der Waals surface area (Å²) in [5, 5.41) is 7.44. The number of amides is 1. The highest BCUT2D eigenvalue weighted by molar-refractivity contribution is 7.89. The molecule has 0 aliphatic carbocycles. The second-order valence-electron chi connectivity index (χ2n) is 8.08. The van der Waals surface area contributed by atoms with Crippen LogP contribution in [-0.2, 0) is 27.8 Å². The smallest absolute Gasteiger partial charge is 0.246 e. The molecule has 1 N–H and O–H groups in total. The fraction of sp³-hybridized carbons (Fsp3) is 0.545. The highest BCUT2D eigenvalue weighted by atomic mass is 32.2. The summed E-state index contributed by atoms with van der Waals surface area (Å²) in [5.74, 6) is -0.0490. The van der Waals surface area contributed by atoms with Gasteiger partial charge in [-0.3, -0.25) is 9.48 Å². The normalized spacial score (nSPS) is 16.0. The lowest BCUT2D eigenvalue weighted by atomic mass is 10.1. The Morgan fingerprint density at radius 2 is 1.83 bits per heavy atom. The number of aryl methyl sites for hydroxylation is 3. The summed E-state index contributed by atoms with van der Waals surface area (Å²) in [5.41, 5.74) is 2.35. The van der Waals surface area contributed by atoms with Gasteiger partial charge in [0.25, 0.3) is 0 Å². The molecule has 1 amide bonds. The van der Waals surface area contributed by atoms with Gasteiger partial charge in [-0.05, 0) is 52.0 Å². The molecule has 1 aromatic carbocycles. The third-order valence-corrected chi connectivity index (χ3v) is 7.80. The Kier molecular flexibility index (Phi) is 7.31. The lowest BCUT2D eigenvalue weighted by Gasteiger charge is -2.16. The Hall–Kier alpha value is -2.19. The van der Waals surface area contributed by atoms with Gasteiger partial charge in [-0.25, -0.2) is 8.42 Å². The molecule has 0 radical (unpaired) electrons. The molecule has 1 fully saturated rings. The molecule has 164 valence electrons. The molecule has 7 nitrogen and oxygen atoms in total. The van der Waals surface area contributed by atoms with Crippen LogP contribution in [0.15, 0.2) is 35.2 Å². The molecule has 1 saturated heterocycles. The van der Waals surface area contributed by atoms with Gasteiger partial charge in [0.1, 0.15) is 4.90 Å². The minimum atomic E-state index is -3.52. The maximum atomic E-state index is 13.0. The van der Waals surface area contributed by atoms with Gasteiger partial charge in [0.05, 0.1) is 17.9 Å². The number of hydrogen-bond acceptors (Lipinski definition) is 4. The zero-order valence-corrected chi connectivity index (χ0v) is 18.9. The lowest BCUT2D eigenvalue weighted by molar-refractivity contribution is -0.122. The van der Waals surface area contributed by atoms with E-state index in [-0.39, 0.29) is 18.4 Å². The van der Waals surface area contributed by atoms with Crippen molar-refractivity contribution < 1.29 is 13.2 Å². The summed E-state index contributed by atoms with van der Waals surface area (Å²) in [6, 6.07) is 10.3. The van der Waals surface area contributed by atoms with E-state index in [1.165, 1.54) is 9.87 Å². The molecule has 8 heteroatoms. The molecule has 0 spiro atoms. The van der Waals surface area contributed by atoms with E-state index in [0.717, 1.165) is 25.7 Å². The van der Waals surface area contributed by atoms with E-state index in [1.807, 2.05) is 25.1 Å². The van der Waals surface area contributed by atoms with Gasteiger partial charge in [-0.2, -0.15) is 9.40 Å². The van der Waals surface area contributed by atoms with Gasteiger partial charge in [0.2, 0.25) is 15.9 Å². The van der Waals surface area contributed by atoms with Crippen molar-refractivity contribution in [3.63, 3.8) is 0 Å². The van der Waals surface area contributed by atoms with Gasteiger partial charge in [0.15, 0.2) is 0 Å². The second-order valence-corrected chi connectivity index (χ2v) is 9.95. The van der Waals surface area contributed by atoms with Crippen LogP contribution >= 0.6 is 0 Å². The summed E-state index contributed by atoms with van der Waals surface area (Å²) >= 11 is 0. The number of nitrogens with zero attached hydrogens (tertiary/aromatic N) is 3. The van der Waals surface area contributed by atoms with Crippen molar-refractivity contribution >= 4 is 15.9 Å².